The minimum atomic E-state index is -0.794. The van der Waals surface area contributed by atoms with Crippen molar-refractivity contribution in [3.8, 4) is 0 Å². The van der Waals surface area contributed by atoms with Gasteiger partial charge in [-0.3, -0.25) is 24.3 Å². The van der Waals surface area contributed by atoms with Gasteiger partial charge in [-0.1, -0.05) is 19.1 Å². The SMILES string of the molecule is CCC(C)(C)NC(=O)COC(=O)Cn1[nH]c(=O)c2ccccc2c1=O. The molecule has 0 saturated heterocycles. The molecule has 2 aromatic rings. The van der Waals surface area contributed by atoms with Crippen molar-refractivity contribution in [3.05, 3.63) is 45.0 Å². The van der Waals surface area contributed by atoms with Crippen LogP contribution in [0, 0.1) is 0 Å². The molecule has 0 fully saturated rings. The summed E-state index contributed by atoms with van der Waals surface area (Å²) in [5, 5.41) is 5.52. The van der Waals surface area contributed by atoms with Crippen LogP contribution in [0.4, 0.5) is 0 Å². The molecule has 0 unspecified atom stereocenters. The molecule has 1 amide bonds. The number of H-pyrrole nitrogens is 1. The number of ether oxygens (including phenoxy) is 1. The maximum absolute atomic E-state index is 12.3. The Balaban J connectivity index is 2.05. The summed E-state index contributed by atoms with van der Waals surface area (Å²) < 4.78 is 5.75. The van der Waals surface area contributed by atoms with Gasteiger partial charge in [0.15, 0.2) is 6.61 Å². The second kappa shape index (κ2) is 7.33. The quantitative estimate of drug-likeness (QED) is 0.741. The van der Waals surface area contributed by atoms with Gasteiger partial charge in [-0.25, -0.2) is 4.68 Å². The minimum Gasteiger partial charge on any atom is -0.454 e. The first-order valence-corrected chi connectivity index (χ1v) is 7.92. The lowest BCUT2D eigenvalue weighted by Gasteiger charge is -2.24. The summed E-state index contributed by atoms with van der Waals surface area (Å²) in [6.45, 7) is 4.70. The molecule has 25 heavy (non-hydrogen) atoms. The molecule has 1 aromatic heterocycles. The molecule has 8 nitrogen and oxygen atoms in total. The van der Waals surface area contributed by atoms with E-state index in [9.17, 15) is 19.2 Å². The average molecular weight is 347 g/mol. The predicted molar refractivity (Wildman–Crippen MR) is 92.3 cm³/mol. The molecule has 0 bridgehead atoms. The lowest BCUT2D eigenvalue weighted by atomic mass is 10.0. The molecule has 0 spiro atoms. The van der Waals surface area contributed by atoms with Gasteiger partial charge in [0.05, 0.1) is 10.8 Å². The Hall–Kier alpha value is -2.90. The molecular weight excluding hydrogens is 326 g/mol. The van der Waals surface area contributed by atoms with Crippen LogP contribution in [-0.4, -0.2) is 33.8 Å². The summed E-state index contributed by atoms with van der Waals surface area (Å²) in [5.74, 6) is -1.22. The summed E-state index contributed by atoms with van der Waals surface area (Å²) in [4.78, 5) is 47.9. The van der Waals surface area contributed by atoms with Gasteiger partial charge < -0.3 is 10.1 Å². The van der Waals surface area contributed by atoms with Crippen LogP contribution < -0.4 is 16.4 Å². The van der Waals surface area contributed by atoms with E-state index in [1.807, 2.05) is 20.8 Å². The Morgan fingerprint density at radius 3 is 2.48 bits per heavy atom. The Morgan fingerprint density at radius 2 is 1.84 bits per heavy atom. The third-order valence-corrected chi connectivity index (χ3v) is 3.90. The van der Waals surface area contributed by atoms with Gasteiger partial charge in [-0.15, -0.1) is 0 Å². The zero-order chi connectivity index (χ0) is 18.6. The zero-order valence-corrected chi connectivity index (χ0v) is 14.4. The molecule has 0 saturated carbocycles. The molecule has 2 rings (SSSR count). The maximum atomic E-state index is 12.3. The second-order valence-electron chi connectivity index (χ2n) is 6.32. The summed E-state index contributed by atoms with van der Waals surface area (Å²) in [5.41, 5.74) is -1.39. The van der Waals surface area contributed by atoms with E-state index in [4.69, 9.17) is 4.74 Å². The molecule has 134 valence electrons. The summed E-state index contributed by atoms with van der Waals surface area (Å²) >= 11 is 0. The van der Waals surface area contributed by atoms with Crippen molar-refractivity contribution in [3.63, 3.8) is 0 Å². The lowest BCUT2D eigenvalue weighted by molar-refractivity contribution is -0.149. The Bertz CT molecular complexity index is 910. The van der Waals surface area contributed by atoms with E-state index < -0.39 is 41.7 Å². The number of hydrogen-bond donors (Lipinski definition) is 2. The topological polar surface area (TPSA) is 110 Å². The number of amides is 1. The van der Waals surface area contributed by atoms with Crippen LogP contribution in [0.2, 0.25) is 0 Å². The van der Waals surface area contributed by atoms with Gasteiger partial charge in [0.25, 0.3) is 17.0 Å². The van der Waals surface area contributed by atoms with Crippen LogP contribution in [0.15, 0.2) is 33.9 Å². The van der Waals surface area contributed by atoms with E-state index >= 15 is 0 Å². The highest BCUT2D eigenvalue weighted by atomic mass is 16.5. The van der Waals surface area contributed by atoms with Crippen LogP contribution in [0.25, 0.3) is 10.8 Å². The molecule has 1 aromatic carbocycles. The first kappa shape index (κ1) is 18.4. The smallest absolute Gasteiger partial charge is 0.328 e. The van der Waals surface area contributed by atoms with Gasteiger partial charge in [-0.05, 0) is 32.4 Å². The molecule has 0 aliphatic carbocycles. The number of esters is 1. The highest BCUT2D eigenvalue weighted by Gasteiger charge is 2.19. The summed E-state index contributed by atoms with van der Waals surface area (Å²) in [6, 6.07) is 6.31. The number of carbonyl (C=O) groups excluding carboxylic acids is 2. The van der Waals surface area contributed by atoms with Crippen molar-refractivity contribution in [2.45, 2.75) is 39.3 Å². The first-order valence-electron chi connectivity index (χ1n) is 7.92. The second-order valence-corrected chi connectivity index (χ2v) is 6.32. The zero-order valence-electron chi connectivity index (χ0n) is 14.4. The van der Waals surface area contributed by atoms with Crippen LogP contribution in [0.1, 0.15) is 27.2 Å². The van der Waals surface area contributed by atoms with E-state index in [1.54, 1.807) is 12.1 Å². The number of nitrogens with zero attached hydrogens (tertiary/aromatic N) is 1. The standard InChI is InChI=1S/C17H21N3O5/c1-4-17(2,3)18-13(21)10-25-14(22)9-20-16(24)12-8-6-5-7-11(12)15(23)19-20/h5-8H,4,9-10H2,1-3H3,(H,18,21)(H,19,23). The molecule has 2 N–H and O–H groups in total. The highest BCUT2D eigenvalue weighted by molar-refractivity contribution is 5.82. The molecule has 0 aliphatic heterocycles. The summed E-state index contributed by atoms with van der Waals surface area (Å²) in [7, 11) is 0. The van der Waals surface area contributed by atoms with Gasteiger partial charge in [-0.2, -0.15) is 0 Å². The number of aromatic nitrogens is 2. The molecular formula is C17H21N3O5. The van der Waals surface area contributed by atoms with E-state index in [0.717, 1.165) is 11.1 Å². The lowest BCUT2D eigenvalue weighted by Crippen LogP contribution is -2.45. The van der Waals surface area contributed by atoms with Crippen LogP contribution >= 0.6 is 0 Å². The van der Waals surface area contributed by atoms with Crippen LogP contribution in [-0.2, 0) is 20.9 Å². The number of rotatable bonds is 6. The fourth-order valence-electron chi connectivity index (χ4n) is 2.18. The maximum Gasteiger partial charge on any atom is 0.328 e. The average Bonchev–Trinajstić information content (AvgIpc) is 2.57. The number of fused-ring (bicyclic) bond motifs is 1. The fourth-order valence-corrected chi connectivity index (χ4v) is 2.18. The molecule has 0 radical (unpaired) electrons. The fraction of sp³-hybridized carbons (Fsp3) is 0.412. The van der Waals surface area contributed by atoms with Crippen molar-refractivity contribution in [1.29, 1.82) is 0 Å². The Labute approximate surface area is 143 Å². The van der Waals surface area contributed by atoms with Gasteiger partial charge in [0.1, 0.15) is 6.54 Å². The number of carbonyl (C=O) groups is 2. The number of nitrogens with one attached hydrogen (secondary N) is 2. The van der Waals surface area contributed by atoms with E-state index in [1.165, 1.54) is 12.1 Å². The van der Waals surface area contributed by atoms with Crippen molar-refractivity contribution in [1.82, 2.24) is 15.1 Å². The van der Waals surface area contributed by atoms with Crippen LogP contribution in [0.5, 0.6) is 0 Å². The predicted octanol–water partition coefficient (Wildman–Crippen LogP) is 0.538. The number of hydrogen-bond acceptors (Lipinski definition) is 5. The number of benzene rings is 1. The summed E-state index contributed by atoms with van der Waals surface area (Å²) in [6.07, 6.45) is 0.723. The minimum absolute atomic E-state index is 0.210. The highest BCUT2D eigenvalue weighted by Crippen LogP contribution is 2.06. The van der Waals surface area contributed by atoms with Crippen molar-refractivity contribution >= 4 is 22.6 Å². The molecule has 1 heterocycles. The Kier molecular flexibility index (Phi) is 5.41. The first-order chi connectivity index (χ1) is 11.7. The Morgan fingerprint density at radius 1 is 1.20 bits per heavy atom. The van der Waals surface area contributed by atoms with Crippen molar-refractivity contribution < 1.29 is 14.3 Å². The normalized spacial score (nSPS) is 11.3. The molecule has 0 atom stereocenters. The van der Waals surface area contributed by atoms with Gasteiger partial charge in [0, 0.05) is 5.54 Å². The monoisotopic (exact) mass is 347 g/mol. The molecule has 8 heteroatoms. The van der Waals surface area contributed by atoms with Crippen LogP contribution in [0.3, 0.4) is 0 Å². The van der Waals surface area contributed by atoms with Crippen molar-refractivity contribution in [2.75, 3.05) is 6.61 Å². The largest absolute Gasteiger partial charge is 0.454 e. The third kappa shape index (κ3) is 4.56. The van der Waals surface area contributed by atoms with Gasteiger partial charge in [0.2, 0.25) is 0 Å². The van der Waals surface area contributed by atoms with E-state index in [2.05, 4.69) is 10.4 Å². The van der Waals surface area contributed by atoms with Gasteiger partial charge >= 0.3 is 5.97 Å². The number of aromatic amines is 1. The van der Waals surface area contributed by atoms with Crippen molar-refractivity contribution in [2.24, 2.45) is 0 Å². The van der Waals surface area contributed by atoms with E-state index in [-0.39, 0.29) is 10.8 Å². The molecule has 0 aliphatic rings. The third-order valence-electron chi connectivity index (χ3n) is 3.90. The van der Waals surface area contributed by atoms with E-state index in [0.29, 0.717) is 0 Å².